The zero-order valence-electron chi connectivity index (χ0n) is 14.7. The van der Waals surface area contributed by atoms with Crippen molar-refractivity contribution < 1.29 is 19.1 Å². The zero-order valence-corrected chi connectivity index (χ0v) is 16.3. The molecule has 1 aromatic heterocycles. The highest BCUT2D eigenvalue weighted by Crippen LogP contribution is 2.40. The van der Waals surface area contributed by atoms with Crippen LogP contribution in [-0.4, -0.2) is 28.2 Å². The first-order valence-electron chi connectivity index (χ1n) is 8.73. The number of hydrogen-bond acceptors (Lipinski definition) is 4. The first-order valence-corrected chi connectivity index (χ1v) is 9.48. The maximum atomic E-state index is 12.7. The van der Waals surface area contributed by atoms with Crippen LogP contribution in [0, 0.1) is 0 Å². The van der Waals surface area contributed by atoms with E-state index in [0.717, 1.165) is 19.3 Å². The van der Waals surface area contributed by atoms with Crippen LogP contribution in [0.3, 0.4) is 0 Å². The van der Waals surface area contributed by atoms with Crippen molar-refractivity contribution in [3.8, 4) is 0 Å². The Kier molecular flexibility index (Phi) is 5.92. The number of likely N-dealkylation sites (tertiary alicyclic amines) is 1. The van der Waals surface area contributed by atoms with E-state index in [-0.39, 0.29) is 16.4 Å². The minimum Gasteiger partial charge on any atom is -0.507 e. The molecule has 1 aliphatic heterocycles. The topological polar surface area (TPSA) is 70.8 Å². The van der Waals surface area contributed by atoms with Gasteiger partial charge in [0.05, 0.1) is 21.9 Å². The number of hydrogen-bond donors (Lipinski definition) is 1. The number of amides is 1. The van der Waals surface area contributed by atoms with Crippen LogP contribution in [0.4, 0.5) is 0 Å². The molecular weight excluding hydrogens is 389 g/mol. The highest BCUT2D eigenvalue weighted by Gasteiger charge is 2.47. The Labute approximate surface area is 167 Å². The molecule has 27 heavy (non-hydrogen) atoms. The summed E-state index contributed by atoms with van der Waals surface area (Å²) in [6.07, 6.45) is 4.15. The molecule has 0 bridgehead atoms. The van der Waals surface area contributed by atoms with E-state index in [0.29, 0.717) is 22.9 Å². The molecule has 2 aromatic rings. The standard InChI is InChI=1S/C20H19Cl2NO4/c1-2-3-4-9-23-17(15-6-5-10-27-15)16(19(25)20(23)26)18(24)12-7-8-13(21)14(22)11-12/h5-8,10-11,17,24H,2-4,9H2,1H3/b18-16-. The fourth-order valence-electron chi connectivity index (χ4n) is 3.18. The number of carbonyl (C=O) groups is 2. The van der Waals surface area contributed by atoms with Gasteiger partial charge in [-0.05, 0) is 36.8 Å². The van der Waals surface area contributed by atoms with Gasteiger partial charge in [-0.25, -0.2) is 0 Å². The molecule has 0 saturated carbocycles. The first kappa shape index (κ1) is 19.5. The number of ketones is 1. The van der Waals surface area contributed by atoms with Crippen LogP contribution in [0.25, 0.3) is 5.76 Å². The van der Waals surface area contributed by atoms with E-state index in [1.165, 1.54) is 23.3 Å². The lowest BCUT2D eigenvalue weighted by molar-refractivity contribution is -0.140. The molecule has 142 valence electrons. The molecule has 1 saturated heterocycles. The molecular formula is C20H19Cl2NO4. The minimum absolute atomic E-state index is 0.00941. The first-order chi connectivity index (χ1) is 13.0. The van der Waals surface area contributed by atoms with Crippen LogP contribution in [0.15, 0.2) is 46.6 Å². The summed E-state index contributed by atoms with van der Waals surface area (Å²) < 4.78 is 5.47. The summed E-state index contributed by atoms with van der Waals surface area (Å²) in [5, 5.41) is 11.4. The Morgan fingerprint density at radius 2 is 1.96 bits per heavy atom. The molecule has 0 radical (unpaired) electrons. The van der Waals surface area contributed by atoms with Crippen molar-refractivity contribution in [2.75, 3.05) is 6.54 Å². The summed E-state index contributed by atoms with van der Waals surface area (Å²) in [6, 6.07) is 7.13. The average Bonchev–Trinajstić information content (AvgIpc) is 3.26. The fourth-order valence-corrected chi connectivity index (χ4v) is 3.48. The molecule has 1 unspecified atom stereocenters. The molecule has 1 atom stereocenters. The molecule has 1 aromatic carbocycles. The monoisotopic (exact) mass is 407 g/mol. The maximum Gasteiger partial charge on any atom is 0.295 e. The number of halogens is 2. The van der Waals surface area contributed by atoms with Crippen LogP contribution in [0.2, 0.25) is 10.0 Å². The van der Waals surface area contributed by atoms with Gasteiger partial charge in [0.15, 0.2) is 0 Å². The summed E-state index contributed by atoms with van der Waals surface area (Å²) in [7, 11) is 0. The summed E-state index contributed by atoms with van der Waals surface area (Å²) >= 11 is 12.0. The molecule has 0 spiro atoms. The van der Waals surface area contributed by atoms with Crippen LogP contribution in [0.5, 0.6) is 0 Å². The highest BCUT2D eigenvalue weighted by molar-refractivity contribution is 6.46. The van der Waals surface area contributed by atoms with Crippen LogP contribution < -0.4 is 0 Å². The van der Waals surface area contributed by atoms with Gasteiger partial charge in [0.2, 0.25) is 0 Å². The van der Waals surface area contributed by atoms with Gasteiger partial charge in [-0.15, -0.1) is 0 Å². The lowest BCUT2D eigenvalue weighted by Crippen LogP contribution is -2.30. The van der Waals surface area contributed by atoms with Crippen molar-refractivity contribution in [2.45, 2.75) is 32.2 Å². The van der Waals surface area contributed by atoms with E-state index >= 15 is 0 Å². The second-order valence-electron chi connectivity index (χ2n) is 6.34. The van der Waals surface area contributed by atoms with Gasteiger partial charge < -0.3 is 14.4 Å². The second kappa shape index (κ2) is 8.19. The van der Waals surface area contributed by atoms with E-state index in [2.05, 4.69) is 6.92 Å². The molecule has 7 heteroatoms. The van der Waals surface area contributed by atoms with Crippen molar-refractivity contribution in [3.63, 3.8) is 0 Å². The average molecular weight is 408 g/mol. The molecule has 1 fully saturated rings. The maximum absolute atomic E-state index is 12.7. The van der Waals surface area contributed by atoms with Crippen LogP contribution in [-0.2, 0) is 9.59 Å². The summed E-state index contributed by atoms with van der Waals surface area (Å²) in [5.41, 5.74) is 0.303. The van der Waals surface area contributed by atoms with Gasteiger partial charge in [0, 0.05) is 12.1 Å². The van der Waals surface area contributed by atoms with Gasteiger partial charge in [-0.1, -0.05) is 43.0 Å². The third kappa shape index (κ3) is 3.75. The number of Topliss-reactive ketones (excluding diaryl/α,β-unsaturated/α-hetero) is 1. The van der Waals surface area contributed by atoms with Crippen molar-refractivity contribution in [3.05, 3.63) is 63.5 Å². The highest BCUT2D eigenvalue weighted by atomic mass is 35.5. The van der Waals surface area contributed by atoms with Gasteiger partial charge in [0.1, 0.15) is 17.6 Å². The van der Waals surface area contributed by atoms with E-state index in [9.17, 15) is 14.7 Å². The smallest absolute Gasteiger partial charge is 0.295 e. The van der Waals surface area contributed by atoms with E-state index in [1.807, 2.05) is 0 Å². The number of aliphatic hydroxyl groups excluding tert-OH is 1. The molecule has 1 N–H and O–H groups in total. The lowest BCUT2D eigenvalue weighted by atomic mass is 9.99. The van der Waals surface area contributed by atoms with E-state index < -0.39 is 17.7 Å². The van der Waals surface area contributed by atoms with Crippen molar-refractivity contribution in [2.24, 2.45) is 0 Å². The SMILES string of the molecule is CCCCCN1C(=O)C(=O)/C(=C(\O)c2ccc(Cl)c(Cl)c2)C1c1ccco1. The molecule has 1 amide bonds. The van der Waals surface area contributed by atoms with E-state index in [1.54, 1.807) is 18.2 Å². The normalized spacial score (nSPS) is 19.1. The molecule has 3 rings (SSSR count). The Morgan fingerprint density at radius 1 is 1.19 bits per heavy atom. The Bertz CT molecular complexity index is 889. The third-order valence-electron chi connectivity index (χ3n) is 4.55. The van der Waals surface area contributed by atoms with Crippen molar-refractivity contribution in [1.82, 2.24) is 4.90 Å². The molecule has 2 heterocycles. The summed E-state index contributed by atoms with van der Waals surface area (Å²) in [4.78, 5) is 26.8. The summed E-state index contributed by atoms with van der Waals surface area (Å²) in [5.74, 6) is -1.26. The number of carbonyl (C=O) groups excluding carboxylic acids is 2. The predicted octanol–water partition coefficient (Wildman–Crippen LogP) is 5.20. The fraction of sp³-hybridized carbons (Fsp3) is 0.300. The predicted molar refractivity (Wildman–Crippen MR) is 104 cm³/mol. The number of unbranched alkanes of at least 4 members (excludes halogenated alkanes) is 2. The number of aliphatic hydroxyl groups is 1. The van der Waals surface area contributed by atoms with Crippen LogP contribution >= 0.6 is 23.2 Å². The Balaban J connectivity index is 2.09. The zero-order chi connectivity index (χ0) is 19.6. The molecule has 5 nitrogen and oxygen atoms in total. The molecule has 0 aliphatic carbocycles. The van der Waals surface area contributed by atoms with Gasteiger partial charge in [0.25, 0.3) is 11.7 Å². The number of furan rings is 1. The van der Waals surface area contributed by atoms with E-state index in [4.69, 9.17) is 27.6 Å². The van der Waals surface area contributed by atoms with Crippen LogP contribution in [0.1, 0.15) is 43.6 Å². The quantitative estimate of drug-likeness (QED) is 0.309. The number of rotatable bonds is 6. The molecule has 1 aliphatic rings. The van der Waals surface area contributed by atoms with Gasteiger partial charge >= 0.3 is 0 Å². The van der Waals surface area contributed by atoms with Gasteiger partial charge in [-0.3, -0.25) is 9.59 Å². The van der Waals surface area contributed by atoms with Gasteiger partial charge in [-0.2, -0.15) is 0 Å². The Hall–Kier alpha value is -2.24. The number of benzene rings is 1. The summed E-state index contributed by atoms with van der Waals surface area (Å²) in [6.45, 7) is 2.46. The van der Waals surface area contributed by atoms with Crippen molar-refractivity contribution in [1.29, 1.82) is 0 Å². The lowest BCUT2D eigenvalue weighted by Gasteiger charge is -2.23. The number of nitrogens with zero attached hydrogens (tertiary/aromatic N) is 1. The Morgan fingerprint density at radius 3 is 2.59 bits per heavy atom. The second-order valence-corrected chi connectivity index (χ2v) is 7.16. The van der Waals surface area contributed by atoms with Crippen molar-refractivity contribution >= 4 is 40.7 Å². The third-order valence-corrected chi connectivity index (χ3v) is 5.29. The largest absolute Gasteiger partial charge is 0.507 e. The minimum atomic E-state index is -0.772.